The average molecular weight is 462 g/mol. The van der Waals surface area contributed by atoms with Gasteiger partial charge in [-0.25, -0.2) is 9.78 Å². The molecule has 0 saturated heterocycles. The van der Waals surface area contributed by atoms with Gasteiger partial charge in [-0.15, -0.1) is 0 Å². The smallest absolute Gasteiger partial charge is 0.350 e. The highest BCUT2D eigenvalue weighted by Crippen LogP contribution is 2.43. The molecule has 2 aromatic heterocycles. The van der Waals surface area contributed by atoms with Gasteiger partial charge in [0.2, 0.25) is 5.76 Å². The third-order valence-electron chi connectivity index (χ3n) is 5.42. The summed E-state index contributed by atoms with van der Waals surface area (Å²) in [6, 6.07) is 12.1. The van der Waals surface area contributed by atoms with Crippen LogP contribution >= 0.6 is 11.3 Å². The molecule has 0 unspecified atom stereocenters. The Bertz CT molecular complexity index is 1490. The number of aromatic hydroxyl groups is 1. The lowest BCUT2D eigenvalue weighted by atomic mass is 9.98. The third kappa shape index (κ3) is 3.28. The Labute approximate surface area is 191 Å². The number of hydrogen-bond donors (Lipinski definition) is 1. The number of ether oxygens (including phenoxy) is 1. The van der Waals surface area contributed by atoms with Crippen LogP contribution in [-0.4, -0.2) is 28.6 Å². The number of hydrogen-bond acceptors (Lipinski definition) is 8. The zero-order valence-electron chi connectivity index (χ0n) is 17.7. The monoisotopic (exact) mass is 462 g/mol. The first-order valence-electron chi connectivity index (χ1n) is 10.2. The Morgan fingerprint density at radius 3 is 2.76 bits per heavy atom. The summed E-state index contributed by atoms with van der Waals surface area (Å²) in [5, 5.41) is 10.7. The van der Waals surface area contributed by atoms with Gasteiger partial charge in [-0.2, -0.15) is 0 Å². The van der Waals surface area contributed by atoms with Crippen LogP contribution in [0, 0.1) is 6.92 Å². The number of para-hydroxylation sites is 1. The summed E-state index contributed by atoms with van der Waals surface area (Å²) in [5.74, 6) is -1.18. The molecule has 0 radical (unpaired) electrons. The fourth-order valence-electron chi connectivity index (χ4n) is 4.00. The van der Waals surface area contributed by atoms with Gasteiger partial charge >= 0.3 is 5.97 Å². The van der Waals surface area contributed by atoms with E-state index in [1.54, 1.807) is 50.2 Å². The lowest BCUT2D eigenvalue weighted by molar-refractivity contribution is 0.0531. The number of rotatable bonds is 4. The summed E-state index contributed by atoms with van der Waals surface area (Å²) in [5.41, 5.74) is 1.05. The highest BCUT2D eigenvalue weighted by molar-refractivity contribution is 7.17. The van der Waals surface area contributed by atoms with E-state index in [1.165, 1.54) is 17.0 Å². The standard InChI is InChI=1S/C24H18N2O6S/c1-3-31-23(30)21-12(2)25-24(33-21)26-18(13-7-6-8-14(27)11-13)17-19(28)15-9-4-5-10-16(15)32-20(17)22(26)29/h4-11,18,27H,3H2,1-2H3/t18-/m1/s1. The summed E-state index contributed by atoms with van der Waals surface area (Å²) in [6.07, 6.45) is 0. The lowest BCUT2D eigenvalue weighted by Crippen LogP contribution is -2.29. The number of carbonyl (C=O) groups excluding carboxylic acids is 2. The van der Waals surface area contributed by atoms with Crippen molar-refractivity contribution >= 4 is 39.3 Å². The number of amides is 1. The van der Waals surface area contributed by atoms with Gasteiger partial charge in [0.15, 0.2) is 10.6 Å². The van der Waals surface area contributed by atoms with Gasteiger partial charge in [-0.3, -0.25) is 14.5 Å². The Kier molecular flexibility index (Phi) is 4.98. The molecule has 1 aliphatic rings. The van der Waals surface area contributed by atoms with Crippen LogP contribution in [0.4, 0.5) is 5.13 Å². The highest BCUT2D eigenvalue weighted by atomic mass is 32.1. The van der Waals surface area contributed by atoms with Crippen molar-refractivity contribution in [3.63, 3.8) is 0 Å². The third-order valence-corrected chi connectivity index (χ3v) is 6.55. The van der Waals surface area contributed by atoms with E-state index in [-0.39, 0.29) is 39.1 Å². The van der Waals surface area contributed by atoms with Crippen molar-refractivity contribution in [2.75, 3.05) is 11.5 Å². The second-order valence-electron chi connectivity index (χ2n) is 7.47. The number of carbonyl (C=O) groups is 2. The van der Waals surface area contributed by atoms with Gasteiger partial charge in [0.1, 0.15) is 16.2 Å². The molecule has 0 fully saturated rings. The van der Waals surface area contributed by atoms with E-state index in [0.29, 0.717) is 22.2 Å². The van der Waals surface area contributed by atoms with Crippen LogP contribution in [0.1, 0.15) is 50.0 Å². The Morgan fingerprint density at radius 1 is 1.21 bits per heavy atom. The molecule has 1 amide bonds. The van der Waals surface area contributed by atoms with Crippen LogP contribution < -0.4 is 10.3 Å². The maximum Gasteiger partial charge on any atom is 0.350 e. The zero-order valence-corrected chi connectivity index (χ0v) is 18.5. The molecule has 5 rings (SSSR count). The highest BCUT2D eigenvalue weighted by Gasteiger charge is 2.45. The molecular weight excluding hydrogens is 444 g/mol. The van der Waals surface area contributed by atoms with Gasteiger partial charge in [0.05, 0.1) is 29.3 Å². The molecule has 0 aliphatic carbocycles. The average Bonchev–Trinajstić information content (AvgIpc) is 3.32. The number of fused-ring (bicyclic) bond motifs is 2. The van der Waals surface area contributed by atoms with Crippen molar-refractivity contribution in [1.82, 2.24) is 4.98 Å². The van der Waals surface area contributed by atoms with Gasteiger partial charge in [0, 0.05) is 0 Å². The summed E-state index contributed by atoms with van der Waals surface area (Å²) in [4.78, 5) is 45.4. The number of esters is 1. The maximum atomic E-state index is 13.6. The molecule has 166 valence electrons. The summed E-state index contributed by atoms with van der Waals surface area (Å²) < 4.78 is 11.0. The summed E-state index contributed by atoms with van der Waals surface area (Å²) in [7, 11) is 0. The number of nitrogens with zero attached hydrogens (tertiary/aromatic N) is 2. The minimum Gasteiger partial charge on any atom is -0.508 e. The van der Waals surface area contributed by atoms with Gasteiger partial charge in [-0.05, 0) is 43.7 Å². The van der Waals surface area contributed by atoms with Crippen LogP contribution in [0.5, 0.6) is 5.75 Å². The second-order valence-corrected chi connectivity index (χ2v) is 8.45. The fourth-order valence-corrected chi connectivity index (χ4v) is 4.99. The van der Waals surface area contributed by atoms with Crippen molar-refractivity contribution in [2.24, 2.45) is 0 Å². The number of thiazole rings is 1. The number of aromatic nitrogens is 1. The molecular formula is C24H18N2O6S. The number of anilines is 1. The minimum atomic E-state index is -0.888. The largest absolute Gasteiger partial charge is 0.508 e. The molecule has 3 heterocycles. The van der Waals surface area contributed by atoms with E-state index in [1.807, 2.05) is 0 Å². The molecule has 4 aromatic rings. The van der Waals surface area contributed by atoms with E-state index < -0.39 is 17.9 Å². The van der Waals surface area contributed by atoms with Crippen LogP contribution in [0.25, 0.3) is 11.0 Å². The first-order chi connectivity index (χ1) is 15.9. The Hall–Kier alpha value is -3.98. The zero-order chi connectivity index (χ0) is 23.3. The SMILES string of the molecule is CCOC(=O)c1sc(N2C(=O)c3oc4ccccc4c(=O)c3[C@H]2c2cccc(O)c2)nc1C. The van der Waals surface area contributed by atoms with Crippen LogP contribution in [-0.2, 0) is 4.74 Å². The topological polar surface area (TPSA) is 110 Å². The van der Waals surface area contributed by atoms with Crippen molar-refractivity contribution in [2.45, 2.75) is 19.9 Å². The number of aryl methyl sites for hydroxylation is 1. The van der Waals surface area contributed by atoms with E-state index >= 15 is 0 Å². The number of phenolic OH excluding ortho intramolecular Hbond substituents is 1. The van der Waals surface area contributed by atoms with Crippen LogP contribution in [0.2, 0.25) is 0 Å². The molecule has 1 N–H and O–H groups in total. The van der Waals surface area contributed by atoms with E-state index in [4.69, 9.17) is 9.15 Å². The molecule has 2 aromatic carbocycles. The molecule has 1 aliphatic heterocycles. The quantitative estimate of drug-likeness (QED) is 0.453. The normalized spacial score (nSPS) is 15.2. The maximum absolute atomic E-state index is 13.6. The van der Waals surface area contributed by atoms with Crippen LogP contribution in [0.15, 0.2) is 57.7 Å². The molecule has 1 atom stereocenters. The predicted octanol–water partition coefficient (Wildman–Crippen LogP) is 4.19. The molecule has 33 heavy (non-hydrogen) atoms. The molecule has 8 nitrogen and oxygen atoms in total. The number of benzene rings is 2. The van der Waals surface area contributed by atoms with E-state index in [0.717, 1.165) is 11.3 Å². The van der Waals surface area contributed by atoms with Crippen molar-refractivity contribution < 1.29 is 23.8 Å². The molecule has 0 bridgehead atoms. The molecule has 9 heteroatoms. The summed E-state index contributed by atoms with van der Waals surface area (Å²) in [6.45, 7) is 3.56. The first-order valence-corrected chi connectivity index (χ1v) is 11.0. The van der Waals surface area contributed by atoms with E-state index in [2.05, 4.69) is 4.98 Å². The molecule has 0 saturated carbocycles. The predicted molar refractivity (Wildman–Crippen MR) is 122 cm³/mol. The van der Waals surface area contributed by atoms with Crippen molar-refractivity contribution in [1.29, 1.82) is 0 Å². The van der Waals surface area contributed by atoms with Crippen molar-refractivity contribution in [3.05, 3.63) is 86.2 Å². The minimum absolute atomic E-state index is 0.0129. The van der Waals surface area contributed by atoms with Gasteiger partial charge in [-0.1, -0.05) is 35.6 Å². The van der Waals surface area contributed by atoms with E-state index in [9.17, 15) is 19.5 Å². The second kappa shape index (κ2) is 7.86. The Balaban J connectivity index is 1.75. The van der Waals surface area contributed by atoms with Gasteiger partial charge < -0.3 is 14.3 Å². The van der Waals surface area contributed by atoms with Crippen LogP contribution in [0.3, 0.4) is 0 Å². The Morgan fingerprint density at radius 2 is 2.00 bits per heavy atom. The summed E-state index contributed by atoms with van der Waals surface area (Å²) >= 11 is 1.01. The first kappa shape index (κ1) is 20.9. The fraction of sp³-hybridized carbons (Fsp3) is 0.167. The lowest BCUT2D eigenvalue weighted by Gasteiger charge is -2.22. The van der Waals surface area contributed by atoms with Gasteiger partial charge in [0.25, 0.3) is 5.91 Å². The number of phenols is 1. The molecule has 0 spiro atoms. The van der Waals surface area contributed by atoms with Crippen molar-refractivity contribution in [3.8, 4) is 5.75 Å².